The molecule has 2 rings (SSSR count). The predicted molar refractivity (Wildman–Crippen MR) is 69.6 cm³/mol. The summed E-state index contributed by atoms with van der Waals surface area (Å²) in [7, 11) is 1.58. The van der Waals surface area contributed by atoms with Gasteiger partial charge in [-0.05, 0) is 23.8 Å². The van der Waals surface area contributed by atoms with Crippen molar-refractivity contribution in [3.8, 4) is 11.5 Å². The Morgan fingerprint density at radius 3 is 2.58 bits per heavy atom. The van der Waals surface area contributed by atoms with Gasteiger partial charge in [-0.1, -0.05) is 24.3 Å². The molecule has 0 fully saturated rings. The molecule has 0 unspecified atom stereocenters. The van der Waals surface area contributed by atoms with Crippen LogP contribution in [0.25, 0.3) is 0 Å². The van der Waals surface area contributed by atoms with Gasteiger partial charge in [0.2, 0.25) is 0 Å². The van der Waals surface area contributed by atoms with Crippen LogP contribution in [-0.4, -0.2) is 12.2 Å². The Morgan fingerprint density at radius 2 is 1.89 bits per heavy atom. The zero-order chi connectivity index (χ0) is 13.7. The van der Waals surface area contributed by atoms with Crippen molar-refractivity contribution < 1.29 is 19.0 Å². The summed E-state index contributed by atoms with van der Waals surface area (Å²) < 4.78 is 24.3. The topological polar surface area (TPSA) is 38.7 Å². The zero-order valence-electron chi connectivity index (χ0n) is 10.6. The van der Waals surface area contributed by atoms with E-state index < -0.39 is 5.82 Å². The van der Waals surface area contributed by atoms with Crippen molar-refractivity contribution in [3.63, 3.8) is 0 Å². The second kappa shape index (κ2) is 6.20. The van der Waals surface area contributed by atoms with E-state index in [1.165, 1.54) is 12.1 Å². The van der Waals surface area contributed by atoms with Gasteiger partial charge in [-0.15, -0.1) is 0 Å². The first kappa shape index (κ1) is 13.4. The molecule has 100 valence electrons. The van der Waals surface area contributed by atoms with E-state index in [0.717, 1.165) is 5.56 Å². The third-order valence-corrected chi connectivity index (χ3v) is 2.75. The fourth-order valence-electron chi connectivity index (χ4n) is 1.74. The number of aliphatic hydroxyl groups excluding tert-OH is 1. The molecule has 0 heterocycles. The van der Waals surface area contributed by atoms with E-state index in [-0.39, 0.29) is 19.0 Å². The molecule has 0 spiro atoms. The summed E-state index contributed by atoms with van der Waals surface area (Å²) in [6.07, 6.45) is 0. The summed E-state index contributed by atoms with van der Waals surface area (Å²) >= 11 is 0. The number of rotatable bonds is 5. The molecule has 19 heavy (non-hydrogen) atoms. The lowest BCUT2D eigenvalue weighted by Crippen LogP contribution is -2.00. The molecule has 0 aromatic heterocycles. The third-order valence-electron chi connectivity index (χ3n) is 2.75. The molecule has 2 aromatic carbocycles. The van der Waals surface area contributed by atoms with Gasteiger partial charge < -0.3 is 14.6 Å². The van der Waals surface area contributed by atoms with Crippen molar-refractivity contribution >= 4 is 0 Å². The van der Waals surface area contributed by atoms with Gasteiger partial charge in [0.25, 0.3) is 0 Å². The van der Waals surface area contributed by atoms with Gasteiger partial charge in [-0.25, -0.2) is 4.39 Å². The molecule has 0 bridgehead atoms. The molecule has 0 atom stereocenters. The first-order valence-electron chi connectivity index (χ1n) is 5.88. The van der Waals surface area contributed by atoms with Crippen molar-refractivity contribution in [1.29, 1.82) is 0 Å². The van der Waals surface area contributed by atoms with Crippen molar-refractivity contribution in [2.45, 2.75) is 13.2 Å². The number of hydrogen-bond donors (Lipinski definition) is 1. The Hall–Kier alpha value is -2.07. The first-order chi connectivity index (χ1) is 9.24. The summed E-state index contributed by atoms with van der Waals surface area (Å²) in [5.74, 6) is 0.374. The van der Waals surface area contributed by atoms with Gasteiger partial charge in [0, 0.05) is 5.56 Å². The maximum atomic E-state index is 13.7. The maximum Gasteiger partial charge on any atom is 0.165 e. The number of hydrogen-bond acceptors (Lipinski definition) is 3. The van der Waals surface area contributed by atoms with Crippen LogP contribution < -0.4 is 9.47 Å². The summed E-state index contributed by atoms with van der Waals surface area (Å²) in [5, 5.41) is 8.91. The fraction of sp³-hybridized carbons (Fsp3) is 0.200. The lowest BCUT2D eigenvalue weighted by atomic mass is 10.2. The number of benzene rings is 2. The third kappa shape index (κ3) is 3.23. The molecule has 4 heteroatoms. The Morgan fingerprint density at radius 1 is 1.11 bits per heavy atom. The van der Waals surface area contributed by atoms with Gasteiger partial charge in [0.05, 0.1) is 13.7 Å². The highest BCUT2D eigenvalue weighted by Crippen LogP contribution is 2.23. The SMILES string of the molecule is COc1ccccc1COc1ccc(CO)cc1F. The number of halogens is 1. The van der Waals surface area contributed by atoms with Gasteiger partial charge in [-0.2, -0.15) is 0 Å². The normalized spacial score (nSPS) is 10.3. The zero-order valence-corrected chi connectivity index (χ0v) is 10.6. The van der Waals surface area contributed by atoms with Crippen LogP contribution in [0.5, 0.6) is 11.5 Å². The lowest BCUT2D eigenvalue weighted by molar-refractivity contribution is 0.274. The van der Waals surface area contributed by atoms with Crippen LogP contribution in [0.3, 0.4) is 0 Å². The van der Waals surface area contributed by atoms with Crippen molar-refractivity contribution in [3.05, 3.63) is 59.4 Å². The molecule has 0 radical (unpaired) electrons. The summed E-state index contributed by atoms with van der Waals surface area (Å²) in [5.41, 5.74) is 1.36. The van der Waals surface area contributed by atoms with Crippen LogP contribution in [-0.2, 0) is 13.2 Å². The lowest BCUT2D eigenvalue weighted by Gasteiger charge is -2.11. The smallest absolute Gasteiger partial charge is 0.165 e. The largest absolute Gasteiger partial charge is 0.496 e. The quantitative estimate of drug-likeness (QED) is 0.900. The Bertz CT molecular complexity index is 555. The number of methoxy groups -OCH3 is 1. The second-order valence-corrected chi connectivity index (χ2v) is 4.02. The van der Waals surface area contributed by atoms with Gasteiger partial charge in [0.1, 0.15) is 12.4 Å². The highest BCUT2D eigenvalue weighted by Gasteiger charge is 2.07. The average Bonchev–Trinajstić information content (AvgIpc) is 2.46. The molecule has 0 aliphatic rings. The van der Waals surface area contributed by atoms with E-state index in [9.17, 15) is 4.39 Å². The molecule has 0 aliphatic heterocycles. The highest BCUT2D eigenvalue weighted by atomic mass is 19.1. The van der Waals surface area contributed by atoms with Gasteiger partial charge in [0.15, 0.2) is 11.6 Å². The van der Waals surface area contributed by atoms with Crippen LogP contribution in [0.1, 0.15) is 11.1 Å². The Labute approximate surface area is 111 Å². The molecule has 0 saturated carbocycles. The van der Waals surface area contributed by atoms with E-state index in [1.54, 1.807) is 13.2 Å². The van der Waals surface area contributed by atoms with E-state index >= 15 is 0 Å². The molecule has 1 N–H and O–H groups in total. The molecule has 2 aromatic rings. The van der Waals surface area contributed by atoms with Gasteiger partial charge in [-0.3, -0.25) is 0 Å². The molecule has 3 nitrogen and oxygen atoms in total. The standard InChI is InChI=1S/C15H15FO3/c1-18-14-5-3-2-4-12(14)10-19-15-7-6-11(9-17)8-13(15)16/h2-8,17H,9-10H2,1H3. The van der Waals surface area contributed by atoms with E-state index in [1.807, 2.05) is 24.3 Å². The monoisotopic (exact) mass is 262 g/mol. The molecule has 0 amide bonds. The summed E-state index contributed by atoms with van der Waals surface area (Å²) in [6, 6.07) is 11.8. The predicted octanol–water partition coefficient (Wildman–Crippen LogP) is 2.91. The van der Waals surface area contributed by atoms with E-state index in [4.69, 9.17) is 14.6 Å². The van der Waals surface area contributed by atoms with Crippen LogP contribution in [0.15, 0.2) is 42.5 Å². The molecular weight excluding hydrogens is 247 g/mol. The van der Waals surface area contributed by atoms with Crippen LogP contribution in [0.2, 0.25) is 0 Å². The van der Waals surface area contributed by atoms with Crippen LogP contribution in [0.4, 0.5) is 4.39 Å². The van der Waals surface area contributed by atoms with Crippen molar-refractivity contribution in [2.24, 2.45) is 0 Å². The minimum Gasteiger partial charge on any atom is -0.496 e. The van der Waals surface area contributed by atoms with Crippen LogP contribution >= 0.6 is 0 Å². The number of ether oxygens (including phenoxy) is 2. The highest BCUT2D eigenvalue weighted by molar-refractivity contribution is 5.34. The maximum absolute atomic E-state index is 13.7. The number of para-hydroxylation sites is 1. The van der Waals surface area contributed by atoms with Crippen molar-refractivity contribution in [1.82, 2.24) is 0 Å². The average molecular weight is 262 g/mol. The molecule has 0 aliphatic carbocycles. The minimum atomic E-state index is -0.485. The number of aliphatic hydroxyl groups is 1. The van der Waals surface area contributed by atoms with E-state index in [2.05, 4.69) is 0 Å². The van der Waals surface area contributed by atoms with E-state index in [0.29, 0.717) is 11.3 Å². The van der Waals surface area contributed by atoms with Gasteiger partial charge >= 0.3 is 0 Å². The summed E-state index contributed by atoms with van der Waals surface area (Å²) in [4.78, 5) is 0. The molecular formula is C15H15FO3. The Kier molecular flexibility index (Phi) is 4.36. The van der Waals surface area contributed by atoms with Crippen molar-refractivity contribution in [2.75, 3.05) is 7.11 Å². The summed E-state index contributed by atoms with van der Waals surface area (Å²) in [6.45, 7) is 0.0309. The second-order valence-electron chi connectivity index (χ2n) is 4.02. The van der Waals surface area contributed by atoms with Crippen LogP contribution in [0, 0.1) is 5.82 Å². The first-order valence-corrected chi connectivity index (χ1v) is 5.88. The Balaban J connectivity index is 2.10. The molecule has 0 saturated heterocycles. The minimum absolute atomic E-state index is 0.156. The fourth-order valence-corrected chi connectivity index (χ4v) is 1.74.